The summed E-state index contributed by atoms with van der Waals surface area (Å²) in [5.74, 6) is -1.37. The predicted octanol–water partition coefficient (Wildman–Crippen LogP) is 25.2. The van der Waals surface area contributed by atoms with Crippen LogP contribution in [-0.2, 0) is 65.4 Å². The van der Waals surface area contributed by atoms with Crippen LogP contribution in [0.25, 0.3) is 0 Å². The van der Waals surface area contributed by atoms with Crippen LogP contribution in [0.4, 0.5) is 0 Å². The lowest BCUT2D eigenvalue weighted by atomic mass is 10.00. The maximum Gasteiger partial charge on any atom is 0.472 e. The second-order valence-electron chi connectivity index (χ2n) is 30.1. The number of ether oxygens (including phenoxy) is 4. The molecule has 0 aromatic carbocycles. The lowest BCUT2D eigenvalue weighted by Gasteiger charge is -2.21. The third kappa shape index (κ3) is 74.9. The van der Waals surface area contributed by atoms with Crippen molar-refractivity contribution in [2.24, 2.45) is 5.92 Å². The summed E-state index contributed by atoms with van der Waals surface area (Å²) in [6, 6.07) is 0. The normalized spacial score (nSPS) is 14.1. The maximum atomic E-state index is 13.1. The van der Waals surface area contributed by atoms with Gasteiger partial charge in [-0.1, -0.05) is 394 Å². The summed E-state index contributed by atoms with van der Waals surface area (Å²) in [5, 5.41) is 10.7. The topological polar surface area (TPSA) is 237 Å². The van der Waals surface area contributed by atoms with E-state index in [2.05, 4.69) is 34.6 Å². The molecule has 19 heteroatoms. The summed E-state index contributed by atoms with van der Waals surface area (Å²) < 4.78 is 68.8. The molecule has 0 aliphatic heterocycles. The SMILES string of the molecule is CCCCCCCCCCCCCCCCCCCCCCC(=O)O[C@H](COC(=O)CCCCCCCCCCCCCCCCCCC)COP(=O)(O)OC[C@@H](O)COP(=O)(O)OC[C@@H](COC(=O)CCCCCCCCC(C)CC)OC(=O)CCCCCCCCCCCCCCCCC. The highest BCUT2D eigenvalue weighted by Crippen LogP contribution is 2.45. The molecule has 6 atom stereocenters. The Bertz CT molecular complexity index is 1950. The molecular weight excluding hydrogens is 1330 g/mol. The summed E-state index contributed by atoms with van der Waals surface area (Å²) in [7, 11) is -9.92. The van der Waals surface area contributed by atoms with E-state index in [-0.39, 0.29) is 25.7 Å². The molecule has 17 nitrogen and oxygen atoms in total. The van der Waals surface area contributed by atoms with Crippen LogP contribution < -0.4 is 0 Å². The molecular formula is C83H162O17P2. The van der Waals surface area contributed by atoms with Gasteiger partial charge in [0, 0.05) is 25.7 Å². The Morgan fingerprint density at radius 2 is 0.471 bits per heavy atom. The highest BCUT2D eigenvalue weighted by atomic mass is 31.2. The molecule has 0 aromatic heterocycles. The highest BCUT2D eigenvalue weighted by Gasteiger charge is 2.30. The second-order valence-corrected chi connectivity index (χ2v) is 33.0. The molecule has 102 heavy (non-hydrogen) atoms. The molecule has 0 radical (unpaired) electrons. The first-order chi connectivity index (χ1) is 49.6. The number of aliphatic hydroxyl groups excluding tert-OH is 1. The maximum absolute atomic E-state index is 13.1. The zero-order valence-corrected chi connectivity index (χ0v) is 68.5. The van der Waals surface area contributed by atoms with Crippen LogP contribution in [0, 0.1) is 5.92 Å². The summed E-state index contributed by atoms with van der Waals surface area (Å²) in [6.07, 6.45) is 68.1. The third-order valence-electron chi connectivity index (χ3n) is 19.9. The van der Waals surface area contributed by atoms with Crippen molar-refractivity contribution in [3.63, 3.8) is 0 Å². The number of carbonyl (C=O) groups excluding carboxylic acids is 4. The number of hydrogen-bond acceptors (Lipinski definition) is 15. The fourth-order valence-corrected chi connectivity index (χ4v) is 14.5. The van der Waals surface area contributed by atoms with Crippen molar-refractivity contribution in [2.75, 3.05) is 39.6 Å². The Labute approximate surface area is 626 Å². The third-order valence-corrected chi connectivity index (χ3v) is 21.8. The van der Waals surface area contributed by atoms with Crippen LogP contribution in [0.3, 0.4) is 0 Å². The van der Waals surface area contributed by atoms with Gasteiger partial charge in [0.25, 0.3) is 0 Å². The van der Waals surface area contributed by atoms with Crippen LogP contribution in [0.1, 0.15) is 446 Å². The Morgan fingerprint density at radius 1 is 0.275 bits per heavy atom. The molecule has 0 aliphatic carbocycles. The van der Waals surface area contributed by atoms with Crippen molar-refractivity contribution in [1.29, 1.82) is 0 Å². The summed E-state index contributed by atoms with van der Waals surface area (Å²) in [4.78, 5) is 73.1. The molecule has 0 aliphatic rings. The second kappa shape index (κ2) is 75.9. The summed E-state index contributed by atoms with van der Waals surface area (Å²) >= 11 is 0. The van der Waals surface area contributed by atoms with Crippen LogP contribution in [0.15, 0.2) is 0 Å². The van der Waals surface area contributed by atoms with Crippen LogP contribution in [0.5, 0.6) is 0 Å². The number of esters is 4. The largest absolute Gasteiger partial charge is 0.472 e. The molecule has 0 rings (SSSR count). The van der Waals surface area contributed by atoms with Gasteiger partial charge in [0.15, 0.2) is 12.2 Å². The summed E-state index contributed by atoms with van der Waals surface area (Å²) in [5.41, 5.74) is 0. The molecule has 3 unspecified atom stereocenters. The Balaban J connectivity index is 5.23. The van der Waals surface area contributed by atoms with Crippen LogP contribution >= 0.6 is 15.6 Å². The van der Waals surface area contributed by atoms with Gasteiger partial charge >= 0.3 is 39.5 Å². The van der Waals surface area contributed by atoms with E-state index >= 15 is 0 Å². The Morgan fingerprint density at radius 3 is 0.696 bits per heavy atom. The van der Waals surface area contributed by atoms with Gasteiger partial charge in [-0.3, -0.25) is 37.3 Å². The average molecular weight is 1490 g/mol. The smallest absolute Gasteiger partial charge is 0.462 e. The van der Waals surface area contributed by atoms with Gasteiger partial charge in [0.1, 0.15) is 19.3 Å². The van der Waals surface area contributed by atoms with Gasteiger partial charge in [0.2, 0.25) is 0 Å². The minimum absolute atomic E-state index is 0.108. The first-order valence-electron chi connectivity index (χ1n) is 43.2. The van der Waals surface area contributed by atoms with Crippen molar-refractivity contribution in [2.45, 2.75) is 464 Å². The van der Waals surface area contributed by atoms with Gasteiger partial charge in [-0.15, -0.1) is 0 Å². The van der Waals surface area contributed by atoms with Crippen LogP contribution in [-0.4, -0.2) is 96.7 Å². The standard InChI is InChI=1S/C83H162O17P2/c1-6-10-13-16-19-22-25-28-31-33-34-35-37-40-43-46-49-52-59-64-68-82(87)99-78(72-93-80(85)66-61-56-50-47-44-41-39-36-32-29-26-23-20-17-14-11-7-2)74-97-101(89,90)95-70-77(84)71-96-102(91,92)98-75-79(73-94-81(86)67-62-57-54-53-55-60-65-76(5)9-4)100-83(88)69-63-58-51-48-45-42-38-30-27-24-21-18-15-12-8-3/h76-79,84H,6-75H2,1-5H3,(H,89,90)(H,91,92)/t76?,77-,78-,79-/m1/s1. The van der Waals surface area contributed by atoms with E-state index in [9.17, 15) is 43.2 Å². The van der Waals surface area contributed by atoms with Gasteiger partial charge in [0.05, 0.1) is 26.4 Å². The number of aliphatic hydroxyl groups is 1. The van der Waals surface area contributed by atoms with E-state index in [1.165, 1.54) is 263 Å². The van der Waals surface area contributed by atoms with E-state index in [1.807, 2.05) is 0 Å². The monoisotopic (exact) mass is 1490 g/mol. The number of rotatable bonds is 83. The molecule has 0 saturated carbocycles. The fourth-order valence-electron chi connectivity index (χ4n) is 12.9. The van der Waals surface area contributed by atoms with E-state index in [4.69, 9.17) is 37.0 Å². The van der Waals surface area contributed by atoms with Crippen molar-refractivity contribution < 1.29 is 80.2 Å². The predicted molar refractivity (Wildman–Crippen MR) is 418 cm³/mol. The van der Waals surface area contributed by atoms with Crippen molar-refractivity contribution in [3.8, 4) is 0 Å². The molecule has 0 heterocycles. The lowest BCUT2D eigenvalue weighted by Crippen LogP contribution is -2.30. The molecule has 0 aromatic rings. The van der Waals surface area contributed by atoms with E-state index in [1.54, 1.807) is 0 Å². The molecule has 0 spiro atoms. The molecule has 0 bridgehead atoms. The number of carbonyl (C=O) groups is 4. The Hall–Kier alpha value is -1.94. The van der Waals surface area contributed by atoms with Crippen molar-refractivity contribution in [1.82, 2.24) is 0 Å². The van der Waals surface area contributed by atoms with E-state index < -0.39 is 97.5 Å². The zero-order chi connectivity index (χ0) is 74.8. The summed E-state index contributed by atoms with van der Waals surface area (Å²) in [6.45, 7) is 7.31. The lowest BCUT2D eigenvalue weighted by molar-refractivity contribution is -0.161. The Kier molecular flexibility index (Phi) is 74.4. The minimum Gasteiger partial charge on any atom is -0.462 e. The number of phosphoric acid groups is 2. The van der Waals surface area contributed by atoms with E-state index in [0.29, 0.717) is 25.7 Å². The van der Waals surface area contributed by atoms with Crippen LogP contribution in [0.2, 0.25) is 0 Å². The van der Waals surface area contributed by atoms with E-state index in [0.717, 1.165) is 102 Å². The van der Waals surface area contributed by atoms with Gasteiger partial charge in [-0.2, -0.15) is 0 Å². The quantitative estimate of drug-likeness (QED) is 0.0222. The number of unbranched alkanes of at least 4 members (excludes halogenated alkanes) is 54. The molecule has 0 fully saturated rings. The first kappa shape index (κ1) is 100. The van der Waals surface area contributed by atoms with Crippen molar-refractivity contribution >= 4 is 39.5 Å². The van der Waals surface area contributed by atoms with Gasteiger partial charge in [-0.05, 0) is 31.6 Å². The molecule has 606 valence electrons. The van der Waals surface area contributed by atoms with Crippen molar-refractivity contribution in [3.05, 3.63) is 0 Å². The number of phosphoric ester groups is 2. The first-order valence-corrected chi connectivity index (χ1v) is 46.2. The average Bonchev–Trinajstić information content (AvgIpc) is 0.923. The highest BCUT2D eigenvalue weighted by molar-refractivity contribution is 7.47. The number of hydrogen-bond donors (Lipinski definition) is 3. The molecule has 3 N–H and O–H groups in total. The van der Waals surface area contributed by atoms with Gasteiger partial charge in [-0.25, -0.2) is 9.13 Å². The molecule has 0 amide bonds. The van der Waals surface area contributed by atoms with Gasteiger partial charge < -0.3 is 33.8 Å². The fraction of sp³-hybridized carbons (Fsp3) is 0.952. The molecule has 0 saturated heterocycles. The minimum atomic E-state index is -4.96. The zero-order valence-electron chi connectivity index (χ0n) is 66.8.